The minimum atomic E-state index is -3.37. The van der Waals surface area contributed by atoms with E-state index < -0.39 is 10.2 Å². The molecular weight excluding hydrogens is 264 g/mol. The van der Waals surface area contributed by atoms with Crippen molar-refractivity contribution in [3.63, 3.8) is 0 Å². The van der Waals surface area contributed by atoms with Crippen LogP contribution in [0.15, 0.2) is 18.5 Å². The first kappa shape index (κ1) is 14.5. The van der Waals surface area contributed by atoms with Crippen LogP contribution >= 0.6 is 0 Å². The molecule has 0 aliphatic carbocycles. The summed E-state index contributed by atoms with van der Waals surface area (Å²) in [6.07, 6.45) is 7.67. The molecule has 0 spiro atoms. The zero-order valence-electron chi connectivity index (χ0n) is 11.3. The lowest BCUT2D eigenvalue weighted by atomic mass is 10.2. The van der Waals surface area contributed by atoms with E-state index in [4.69, 9.17) is 0 Å². The molecule has 0 amide bonds. The number of nitrogens with zero attached hydrogens (tertiary/aromatic N) is 3. The van der Waals surface area contributed by atoms with Crippen LogP contribution in [0.4, 0.5) is 0 Å². The molecule has 6 nitrogen and oxygen atoms in total. The lowest BCUT2D eigenvalue weighted by molar-refractivity contribution is 0.401. The van der Waals surface area contributed by atoms with Gasteiger partial charge >= 0.3 is 0 Å². The fourth-order valence-electron chi connectivity index (χ4n) is 2.34. The Bertz CT molecular complexity index is 464. The molecule has 19 heavy (non-hydrogen) atoms. The summed E-state index contributed by atoms with van der Waals surface area (Å²) in [5.74, 6) is 0. The minimum absolute atomic E-state index is 0.173. The smallest absolute Gasteiger partial charge is 0.271 e. The van der Waals surface area contributed by atoms with Gasteiger partial charge in [-0.05, 0) is 25.8 Å². The molecule has 1 atom stereocenters. The van der Waals surface area contributed by atoms with Crippen molar-refractivity contribution in [1.82, 2.24) is 18.8 Å². The third-order valence-electron chi connectivity index (χ3n) is 3.28. The predicted octanol–water partition coefficient (Wildman–Crippen LogP) is 0.982. The van der Waals surface area contributed by atoms with Crippen molar-refractivity contribution in [3.05, 3.63) is 18.5 Å². The van der Waals surface area contributed by atoms with Gasteiger partial charge in [-0.15, -0.1) is 0 Å². The first-order valence-electron chi connectivity index (χ1n) is 6.83. The Morgan fingerprint density at radius 1 is 1.26 bits per heavy atom. The quantitative estimate of drug-likeness (QED) is 0.877. The molecule has 7 heteroatoms. The highest BCUT2D eigenvalue weighted by molar-refractivity contribution is 7.87. The largest absolute Gasteiger partial charge is 0.279 e. The maximum absolute atomic E-state index is 12.3. The molecule has 1 aromatic heterocycles. The molecule has 1 saturated heterocycles. The van der Waals surface area contributed by atoms with Crippen LogP contribution in [0.1, 0.15) is 32.6 Å². The molecule has 1 unspecified atom stereocenters. The van der Waals surface area contributed by atoms with Crippen molar-refractivity contribution in [3.8, 4) is 0 Å². The van der Waals surface area contributed by atoms with Crippen LogP contribution in [0.2, 0.25) is 0 Å². The van der Waals surface area contributed by atoms with Crippen molar-refractivity contribution >= 4 is 10.2 Å². The van der Waals surface area contributed by atoms with Crippen molar-refractivity contribution < 1.29 is 8.42 Å². The van der Waals surface area contributed by atoms with Crippen molar-refractivity contribution in [2.75, 3.05) is 13.1 Å². The zero-order valence-corrected chi connectivity index (χ0v) is 12.1. The summed E-state index contributed by atoms with van der Waals surface area (Å²) < 4.78 is 30.6. The van der Waals surface area contributed by atoms with Gasteiger partial charge in [0.05, 0.1) is 6.54 Å². The van der Waals surface area contributed by atoms with Crippen LogP contribution in [0.5, 0.6) is 0 Å². The summed E-state index contributed by atoms with van der Waals surface area (Å²) in [7, 11) is -3.37. The number of hydrogen-bond acceptors (Lipinski definition) is 3. The van der Waals surface area contributed by atoms with Gasteiger partial charge in [0.1, 0.15) is 0 Å². The predicted molar refractivity (Wildman–Crippen MR) is 73.8 cm³/mol. The molecule has 1 N–H and O–H groups in total. The standard InChI is InChI=1S/C12H22N4O2S/c1-12(11-15-8-6-7-13-15)14-19(17,18)16-9-4-2-3-5-10-16/h6-8,12,14H,2-5,9-11H2,1H3. The Morgan fingerprint density at radius 3 is 2.53 bits per heavy atom. The third-order valence-corrected chi connectivity index (χ3v) is 5.02. The average molecular weight is 286 g/mol. The minimum Gasteiger partial charge on any atom is -0.271 e. The van der Waals surface area contributed by atoms with E-state index in [1.807, 2.05) is 19.2 Å². The van der Waals surface area contributed by atoms with Crippen molar-refractivity contribution in [2.24, 2.45) is 0 Å². The Balaban J connectivity index is 1.92. The summed E-state index contributed by atoms with van der Waals surface area (Å²) in [6.45, 7) is 3.66. The molecule has 0 saturated carbocycles. The number of hydrogen-bond donors (Lipinski definition) is 1. The normalized spacial score (nSPS) is 20.1. The fraction of sp³-hybridized carbons (Fsp3) is 0.750. The molecule has 1 fully saturated rings. The van der Waals surface area contributed by atoms with Crippen LogP contribution in [0, 0.1) is 0 Å². The highest BCUT2D eigenvalue weighted by Gasteiger charge is 2.24. The van der Waals surface area contributed by atoms with E-state index in [2.05, 4.69) is 9.82 Å². The second-order valence-electron chi connectivity index (χ2n) is 5.07. The summed E-state index contributed by atoms with van der Waals surface area (Å²) in [4.78, 5) is 0. The molecule has 1 aliphatic heterocycles. The molecule has 2 rings (SSSR count). The first-order chi connectivity index (χ1) is 9.08. The second kappa shape index (κ2) is 6.49. The third kappa shape index (κ3) is 4.29. The Hall–Kier alpha value is -0.920. The molecule has 0 radical (unpaired) electrons. The van der Waals surface area contributed by atoms with E-state index in [1.165, 1.54) is 0 Å². The lowest BCUT2D eigenvalue weighted by Crippen LogP contribution is -2.46. The molecule has 2 heterocycles. The number of rotatable bonds is 5. The Kier molecular flexibility index (Phi) is 4.95. The fourth-order valence-corrected chi connectivity index (χ4v) is 3.81. The zero-order chi connectivity index (χ0) is 13.7. The molecule has 1 aromatic rings. The summed E-state index contributed by atoms with van der Waals surface area (Å²) >= 11 is 0. The van der Waals surface area contributed by atoms with Gasteiger partial charge in [-0.2, -0.15) is 22.5 Å². The van der Waals surface area contributed by atoms with E-state index in [-0.39, 0.29) is 6.04 Å². The van der Waals surface area contributed by atoms with Gasteiger partial charge in [-0.25, -0.2) is 0 Å². The first-order valence-corrected chi connectivity index (χ1v) is 8.27. The van der Waals surface area contributed by atoms with E-state index in [1.54, 1.807) is 15.2 Å². The lowest BCUT2D eigenvalue weighted by Gasteiger charge is -2.23. The Labute approximate surface area is 115 Å². The SMILES string of the molecule is CC(Cn1cccn1)NS(=O)(=O)N1CCCCCC1. The van der Waals surface area contributed by atoms with Gasteiger partial charge in [0.2, 0.25) is 0 Å². The van der Waals surface area contributed by atoms with Gasteiger partial charge in [0.25, 0.3) is 10.2 Å². The Morgan fingerprint density at radius 2 is 1.95 bits per heavy atom. The van der Waals surface area contributed by atoms with Crippen LogP contribution in [0.3, 0.4) is 0 Å². The molecule has 0 bridgehead atoms. The van der Waals surface area contributed by atoms with Crippen molar-refractivity contribution in [1.29, 1.82) is 0 Å². The molecule has 108 valence electrons. The monoisotopic (exact) mass is 286 g/mol. The summed E-state index contributed by atoms with van der Waals surface area (Å²) in [5, 5.41) is 4.08. The summed E-state index contributed by atoms with van der Waals surface area (Å²) in [5.41, 5.74) is 0. The molecule has 1 aliphatic rings. The van der Waals surface area contributed by atoms with Crippen LogP contribution in [-0.4, -0.2) is 41.6 Å². The topological polar surface area (TPSA) is 67.2 Å². The van der Waals surface area contributed by atoms with Gasteiger partial charge in [0, 0.05) is 31.5 Å². The second-order valence-corrected chi connectivity index (χ2v) is 6.77. The highest BCUT2D eigenvalue weighted by Crippen LogP contribution is 2.12. The van der Waals surface area contributed by atoms with Gasteiger partial charge in [0.15, 0.2) is 0 Å². The van der Waals surface area contributed by atoms with Crippen LogP contribution in [-0.2, 0) is 16.8 Å². The molecular formula is C12H22N4O2S. The molecule has 0 aromatic carbocycles. The van der Waals surface area contributed by atoms with E-state index in [9.17, 15) is 8.42 Å². The van der Waals surface area contributed by atoms with E-state index in [0.717, 1.165) is 25.7 Å². The van der Waals surface area contributed by atoms with Gasteiger partial charge in [-0.3, -0.25) is 4.68 Å². The average Bonchev–Trinajstić information content (AvgIpc) is 2.67. The van der Waals surface area contributed by atoms with Gasteiger partial charge < -0.3 is 0 Å². The maximum atomic E-state index is 12.3. The van der Waals surface area contributed by atoms with E-state index >= 15 is 0 Å². The maximum Gasteiger partial charge on any atom is 0.279 e. The van der Waals surface area contributed by atoms with Gasteiger partial charge in [-0.1, -0.05) is 12.8 Å². The summed E-state index contributed by atoms with van der Waals surface area (Å²) in [6, 6.07) is 1.66. The highest BCUT2D eigenvalue weighted by atomic mass is 32.2. The van der Waals surface area contributed by atoms with E-state index in [0.29, 0.717) is 19.6 Å². The number of aromatic nitrogens is 2. The number of nitrogens with one attached hydrogen (secondary N) is 1. The van der Waals surface area contributed by atoms with Crippen LogP contribution < -0.4 is 4.72 Å². The van der Waals surface area contributed by atoms with Crippen molar-refractivity contribution in [2.45, 2.75) is 45.2 Å². The van der Waals surface area contributed by atoms with Crippen LogP contribution in [0.25, 0.3) is 0 Å².